The third-order valence-corrected chi connectivity index (χ3v) is 8.10. The molecule has 0 radical (unpaired) electrons. The number of halogens is 6. The van der Waals surface area contributed by atoms with E-state index in [1.165, 1.54) is 47.4 Å². The first-order valence-electron chi connectivity index (χ1n) is 13.7. The first-order chi connectivity index (χ1) is 22.1. The number of rotatable bonds is 7. The number of hydrazine groups is 1. The molecule has 1 saturated heterocycles. The van der Waals surface area contributed by atoms with Crippen molar-refractivity contribution in [2.45, 2.75) is 32.4 Å². The van der Waals surface area contributed by atoms with Crippen LogP contribution in [0.2, 0.25) is 0 Å². The van der Waals surface area contributed by atoms with Gasteiger partial charge in [-0.1, -0.05) is 42.1 Å². The summed E-state index contributed by atoms with van der Waals surface area (Å²) >= 11 is 6.37. The van der Waals surface area contributed by atoms with Crippen LogP contribution >= 0.6 is 24.0 Å². The smallest absolute Gasteiger partial charge is 0.406 e. The number of anilines is 1. The van der Waals surface area contributed by atoms with Gasteiger partial charge in [0.15, 0.2) is 11.0 Å². The second-order valence-corrected chi connectivity index (χ2v) is 11.6. The highest BCUT2D eigenvalue weighted by molar-refractivity contribution is 8.15. The highest BCUT2D eigenvalue weighted by Crippen LogP contribution is 2.40. The maximum Gasteiger partial charge on any atom is 0.573 e. The molecule has 1 fully saturated rings. The van der Waals surface area contributed by atoms with Crippen molar-refractivity contribution < 1.29 is 35.9 Å². The van der Waals surface area contributed by atoms with Gasteiger partial charge in [0.05, 0.1) is 28.7 Å². The maximum atomic E-state index is 13.7. The zero-order valence-corrected chi connectivity index (χ0v) is 26.4. The molecule has 1 aliphatic heterocycles. The number of hydrogen-bond acceptors (Lipinski definition) is 7. The van der Waals surface area contributed by atoms with Gasteiger partial charge in [0.25, 0.3) is 0 Å². The van der Waals surface area contributed by atoms with Crippen molar-refractivity contribution in [2.24, 2.45) is 4.99 Å². The first-order valence-corrected chi connectivity index (χ1v) is 15.1. The van der Waals surface area contributed by atoms with Gasteiger partial charge in [0.2, 0.25) is 11.0 Å². The van der Waals surface area contributed by atoms with Crippen LogP contribution in [0.3, 0.4) is 0 Å². The van der Waals surface area contributed by atoms with Gasteiger partial charge in [0.1, 0.15) is 12.1 Å². The fraction of sp³-hybridized carbons (Fsp3) is 0.233. The number of carbonyl (C=O) groups is 1. The van der Waals surface area contributed by atoms with E-state index < -0.39 is 24.0 Å². The van der Waals surface area contributed by atoms with Crippen LogP contribution in [0, 0.1) is 6.92 Å². The molecule has 17 heteroatoms. The summed E-state index contributed by atoms with van der Waals surface area (Å²) in [6, 6.07) is 15.8. The van der Waals surface area contributed by atoms with E-state index in [1.807, 2.05) is 19.1 Å². The van der Waals surface area contributed by atoms with E-state index in [0.29, 0.717) is 22.6 Å². The number of amidine groups is 1. The van der Waals surface area contributed by atoms with E-state index in [0.717, 1.165) is 28.3 Å². The summed E-state index contributed by atoms with van der Waals surface area (Å²) in [6.07, 6.45) is -8.03. The molecule has 1 aromatic heterocycles. The van der Waals surface area contributed by atoms with Gasteiger partial charge in [-0.05, 0) is 73.6 Å². The van der Waals surface area contributed by atoms with Gasteiger partial charge < -0.3 is 4.74 Å². The summed E-state index contributed by atoms with van der Waals surface area (Å²) in [5.74, 6) is -0.585. The lowest BCUT2D eigenvalue weighted by molar-refractivity contribution is -0.274. The molecule has 1 atom stereocenters. The van der Waals surface area contributed by atoms with E-state index in [-0.39, 0.29) is 33.5 Å². The summed E-state index contributed by atoms with van der Waals surface area (Å²) in [5, 5.41) is 6.06. The number of nitrogens with zero attached hydrogens (tertiary/aromatic N) is 6. The van der Waals surface area contributed by atoms with Crippen molar-refractivity contribution >= 4 is 45.9 Å². The number of alkyl halides is 6. The summed E-state index contributed by atoms with van der Waals surface area (Å²) in [4.78, 5) is 22.2. The molecular weight excluding hydrogens is 668 g/mol. The van der Waals surface area contributed by atoms with Gasteiger partial charge in [-0.3, -0.25) is 15.1 Å². The molecule has 2 heterocycles. The Labute approximate surface area is 274 Å². The third-order valence-electron chi connectivity index (χ3n) is 6.99. The highest BCUT2D eigenvalue weighted by Gasteiger charge is 2.40. The summed E-state index contributed by atoms with van der Waals surface area (Å²) in [6.45, 7) is 3.52. The predicted molar refractivity (Wildman–Crippen MR) is 169 cm³/mol. The summed E-state index contributed by atoms with van der Waals surface area (Å²) in [5.41, 5.74) is 4.27. The zero-order chi connectivity index (χ0) is 34.1. The zero-order valence-electron chi connectivity index (χ0n) is 24.8. The molecule has 1 unspecified atom stereocenters. The number of thioether (sulfide) groups is 1. The standard InChI is InChI=1S/C30H25F6N7O2S2/c1-17-4-13-23(29(31,32)33)24(14-17)43-25(44)15-47-28(43)38-27(46)40-41(3)18(2)19-5-7-20(8-6-19)26-37-16-42(39-26)21-9-11-22(12-10-21)45-30(34,35)36/h4-14,16,18H,15H2,1-3H3,(H,40,46). The molecule has 9 nitrogen and oxygen atoms in total. The van der Waals surface area contributed by atoms with Crippen LogP contribution in [0.5, 0.6) is 5.75 Å². The Morgan fingerprint density at radius 3 is 2.38 bits per heavy atom. The monoisotopic (exact) mass is 693 g/mol. The molecule has 1 aliphatic rings. The first kappa shape index (κ1) is 33.9. The van der Waals surface area contributed by atoms with Crippen molar-refractivity contribution in [3.63, 3.8) is 0 Å². The number of nitrogens with one attached hydrogen (secondary N) is 1. The van der Waals surface area contributed by atoms with Crippen LogP contribution in [0.25, 0.3) is 17.1 Å². The van der Waals surface area contributed by atoms with Gasteiger partial charge in [-0.2, -0.15) is 18.2 Å². The number of thiocarbonyl (C=S) groups is 1. The number of hydrogen-bond donors (Lipinski definition) is 1. The molecule has 4 aromatic rings. The Morgan fingerprint density at radius 1 is 1.06 bits per heavy atom. The van der Waals surface area contributed by atoms with Crippen LogP contribution in [0.4, 0.5) is 32.0 Å². The molecular formula is C30H25F6N7O2S2. The molecule has 1 N–H and O–H groups in total. The molecule has 0 spiro atoms. The second-order valence-electron chi connectivity index (χ2n) is 10.3. The predicted octanol–water partition coefficient (Wildman–Crippen LogP) is 7.08. The van der Waals surface area contributed by atoms with Crippen LogP contribution in [-0.4, -0.2) is 55.1 Å². The van der Waals surface area contributed by atoms with Crippen molar-refractivity contribution in [3.05, 3.63) is 89.7 Å². The van der Waals surface area contributed by atoms with Crippen molar-refractivity contribution in [3.8, 4) is 22.8 Å². The fourth-order valence-corrected chi connectivity index (χ4v) is 5.72. The Morgan fingerprint density at radius 2 is 1.74 bits per heavy atom. The van der Waals surface area contributed by atoms with Gasteiger partial charge in [-0.25, -0.2) is 14.7 Å². The van der Waals surface area contributed by atoms with Crippen molar-refractivity contribution in [2.75, 3.05) is 17.7 Å². The third kappa shape index (κ3) is 8.09. The minimum Gasteiger partial charge on any atom is -0.406 e. The van der Waals surface area contributed by atoms with E-state index in [1.54, 1.807) is 31.1 Å². The van der Waals surface area contributed by atoms with Crippen molar-refractivity contribution in [1.82, 2.24) is 25.2 Å². The van der Waals surface area contributed by atoms with Crippen LogP contribution in [0.15, 0.2) is 78.0 Å². The Kier molecular flexibility index (Phi) is 9.60. The number of aryl methyl sites for hydroxylation is 1. The number of benzene rings is 3. The van der Waals surface area contributed by atoms with Gasteiger partial charge >= 0.3 is 12.5 Å². The topological polar surface area (TPSA) is 87.9 Å². The maximum absolute atomic E-state index is 13.7. The van der Waals surface area contributed by atoms with E-state index in [4.69, 9.17) is 12.2 Å². The Hall–Kier alpha value is -4.48. The molecule has 1 amide bonds. The SMILES string of the molecule is Cc1ccc(C(F)(F)F)c(N2C(=O)CSC2=NC(=S)NN(C)C(C)c2ccc(-c3ncn(-c4ccc(OC(F)(F)F)cc4)n3)cc2)c1. The quantitative estimate of drug-likeness (QED) is 0.125. The molecule has 3 aromatic carbocycles. The average Bonchev–Trinajstić information content (AvgIpc) is 3.62. The molecule has 0 saturated carbocycles. The Bertz CT molecular complexity index is 1810. The lowest BCUT2D eigenvalue weighted by Crippen LogP contribution is -2.40. The molecule has 0 bridgehead atoms. The molecule has 47 heavy (non-hydrogen) atoms. The second kappa shape index (κ2) is 13.3. The fourth-order valence-electron chi connectivity index (χ4n) is 4.56. The minimum absolute atomic E-state index is 0.0338. The normalized spacial score (nSPS) is 15.4. The number of amides is 1. The molecule has 5 rings (SSSR count). The lowest BCUT2D eigenvalue weighted by atomic mass is 10.1. The largest absolute Gasteiger partial charge is 0.573 e. The van der Waals surface area contributed by atoms with Crippen LogP contribution in [-0.2, 0) is 11.0 Å². The summed E-state index contributed by atoms with van der Waals surface area (Å²) in [7, 11) is 1.71. The van der Waals surface area contributed by atoms with E-state index >= 15 is 0 Å². The number of carbonyl (C=O) groups excluding carboxylic acids is 1. The van der Waals surface area contributed by atoms with Crippen LogP contribution in [0.1, 0.15) is 29.7 Å². The van der Waals surface area contributed by atoms with Crippen molar-refractivity contribution in [1.29, 1.82) is 0 Å². The molecule has 246 valence electrons. The number of ether oxygens (including phenoxy) is 1. The van der Waals surface area contributed by atoms with E-state index in [2.05, 4.69) is 25.2 Å². The summed E-state index contributed by atoms with van der Waals surface area (Å²) < 4.78 is 83.8. The van der Waals surface area contributed by atoms with E-state index in [9.17, 15) is 31.1 Å². The molecule has 0 aliphatic carbocycles. The highest BCUT2D eigenvalue weighted by atomic mass is 32.2. The average molecular weight is 694 g/mol. The lowest BCUT2D eigenvalue weighted by Gasteiger charge is -2.26. The van der Waals surface area contributed by atoms with Gasteiger partial charge in [0, 0.05) is 12.6 Å². The number of aliphatic imine (C=N–C) groups is 1. The van der Waals surface area contributed by atoms with Crippen LogP contribution < -0.4 is 15.1 Å². The Balaban J connectivity index is 1.24. The van der Waals surface area contributed by atoms with Gasteiger partial charge in [-0.15, -0.1) is 18.3 Å². The number of aromatic nitrogens is 3. The minimum atomic E-state index is -4.79.